The molecule has 3 fully saturated rings. The van der Waals surface area contributed by atoms with E-state index in [1.54, 1.807) is 0 Å². The molecule has 1 aromatic rings. The lowest BCUT2D eigenvalue weighted by Crippen LogP contribution is -2.65. The van der Waals surface area contributed by atoms with Gasteiger partial charge in [-0.2, -0.15) is 0 Å². The Balaban J connectivity index is 1.41. The van der Waals surface area contributed by atoms with Gasteiger partial charge < -0.3 is 20.5 Å². The van der Waals surface area contributed by atoms with Crippen LogP contribution >= 0.6 is 0 Å². The summed E-state index contributed by atoms with van der Waals surface area (Å²) in [5.74, 6) is 0.446. The van der Waals surface area contributed by atoms with Gasteiger partial charge in [-0.1, -0.05) is 6.42 Å². The smallest absolute Gasteiger partial charge is 0.406 e. The number of anilines is 1. The number of halogens is 3. The molecule has 3 N–H and O–H groups in total. The third kappa shape index (κ3) is 2.92. The first-order chi connectivity index (χ1) is 11.9. The maximum atomic E-state index is 12.2. The summed E-state index contributed by atoms with van der Waals surface area (Å²) >= 11 is 0. The van der Waals surface area contributed by atoms with E-state index in [2.05, 4.69) is 15.0 Å². The van der Waals surface area contributed by atoms with Crippen LogP contribution in [0.5, 0.6) is 5.75 Å². The van der Waals surface area contributed by atoms with Gasteiger partial charge in [0.25, 0.3) is 0 Å². The second-order valence-electron chi connectivity index (χ2n) is 6.99. The van der Waals surface area contributed by atoms with Crippen LogP contribution in [-0.4, -0.2) is 31.1 Å². The van der Waals surface area contributed by atoms with E-state index in [4.69, 9.17) is 10.5 Å². The molecule has 3 aliphatic rings. The number of nitrogens with zero attached hydrogens (tertiary/aromatic N) is 1. The van der Waals surface area contributed by atoms with E-state index < -0.39 is 6.36 Å². The van der Waals surface area contributed by atoms with Gasteiger partial charge in [-0.15, -0.1) is 13.2 Å². The van der Waals surface area contributed by atoms with Gasteiger partial charge in [0.1, 0.15) is 5.75 Å². The van der Waals surface area contributed by atoms with Crippen LogP contribution in [0, 0.1) is 11.3 Å². The molecule has 1 aliphatic heterocycles. The van der Waals surface area contributed by atoms with Crippen molar-refractivity contribution in [3.63, 3.8) is 0 Å². The van der Waals surface area contributed by atoms with Crippen molar-refractivity contribution in [1.82, 2.24) is 0 Å². The molecular formula is C17H20F3N3O2. The minimum atomic E-state index is -4.70. The predicted molar refractivity (Wildman–Crippen MR) is 86.3 cm³/mol. The second-order valence-corrected chi connectivity index (χ2v) is 6.99. The molecule has 25 heavy (non-hydrogen) atoms. The molecule has 0 aromatic heterocycles. The first-order valence-electron chi connectivity index (χ1n) is 8.45. The number of ether oxygens (including phenoxy) is 2. The van der Waals surface area contributed by atoms with E-state index >= 15 is 0 Å². The average molecular weight is 355 g/mol. The largest absolute Gasteiger partial charge is 0.573 e. The lowest BCUT2D eigenvalue weighted by Gasteiger charge is -2.61. The highest BCUT2D eigenvalue weighted by Gasteiger charge is 2.66. The van der Waals surface area contributed by atoms with Gasteiger partial charge in [-0.05, 0) is 43.5 Å². The van der Waals surface area contributed by atoms with Crippen LogP contribution in [0.1, 0.15) is 25.7 Å². The van der Waals surface area contributed by atoms with E-state index in [1.807, 2.05) is 0 Å². The van der Waals surface area contributed by atoms with E-state index in [0.29, 0.717) is 17.7 Å². The number of benzene rings is 1. The SMILES string of the molecule is NC(=NC1C2CCOC2C12CCC2)Nc1ccc(OC(F)(F)F)cc1. The zero-order valence-corrected chi connectivity index (χ0v) is 13.6. The normalized spacial score (nSPS) is 30.4. The molecule has 0 bridgehead atoms. The van der Waals surface area contributed by atoms with E-state index in [1.165, 1.54) is 30.7 Å². The van der Waals surface area contributed by atoms with Crippen molar-refractivity contribution in [1.29, 1.82) is 0 Å². The molecule has 1 spiro atoms. The quantitative estimate of drug-likeness (QED) is 0.645. The van der Waals surface area contributed by atoms with Gasteiger partial charge in [0, 0.05) is 23.6 Å². The topological polar surface area (TPSA) is 68.9 Å². The third-order valence-corrected chi connectivity index (χ3v) is 5.62. The fraction of sp³-hybridized carbons (Fsp3) is 0.588. The zero-order valence-electron chi connectivity index (χ0n) is 13.6. The number of alkyl halides is 3. The van der Waals surface area contributed by atoms with Gasteiger partial charge in [0.15, 0.2) is 5.96 Å². The minimum absolute atomic E-state index is 0.151. The first kappa shape index (κ1) is 16.5. The summed E-state index contributed by atoms with van der Waals surface area (Å²) in [6, 6.07) is 5.60. The summed E-state index contributed by atoms with van der Waals surface area (Å²) in [4.78, 5) is 4.67. The van der Waals surface area contributed by atoms with E-state index in [0.717, 1.165) is 25.9 Å². The number of nitrogens with one attached hydrogen (secondary N) is 1. The first-order valence-corrected chi connectivity index (χ1v) is 8.45. The Morgan fingerprint density at radius 1 is 1.28 bits per heavy atom. The van der Waals surface area contributed by atoms with Crippen molar-refractivity contribution in [2.45, 2.75) is 44.2 Å². The Morgan fingerprint density at radius 2 is 2.00 bits per heavy atom. The van der Waals surface area contributed by atoms with Crippen molar-refractivity contribution in [2.75, 3.05) is 11.9 Å². The molecule has 136 valence electrons. The Bertz CT molecular complexity index is 671. The fourth-order valence-corrected chi connectivity index (χ4v) is 4.46. The van der Waals surface area contributed by atoms with Crippen LogP contribution < -0.4 is 15.8 Å². The van der Waals surface area contributed by atoms with Gasteiger partial charge in [-0.25, -0.2) is 4.99 Å². The molecule has 5 nitrogen and oxygen atoms in total. The summed E-state index contributed by atoms with van der Waals surface area (Å²) in [5.41, 5.74) is 6.74. The Hall–Kier alpha value is -1.96. The van der Waals surface area contributed by atoms with Crippen molar-refractivity contribution < 1.29 is 22.6 Å². The number of fused-ring (bicyclic) bond motifs is 2. The summed E-state index contributed by atoms with van der Waals surface area (Å²) in [6.45, 7) is 0.789. The number of nitrogens with two attached hydrogens (primary N) is 1. The lowest BCUT2D eigenvalue weighted by atomic mass is 9.46. The Kier molecular flexibility index (Phi) is 3.82. The molecule has 1 aromatic carbocycles. The number of aliphatic imine (C=N–C) groups is 1. The van der Waals surface area contributed by atoms with Crippen LogP contribution in [0.15, 0.2) is 29.3 Å². The maximum Gasteiger partial charge on any atom is 0.573 e. The van der Waals surface area contributed by atoms with Crippen LogP contribution in [-0.2, 0) is 4.74 Å². The number of hydrogen-bond donors (Lipinski definition) is 2. The van der Waals surface area contributed by atoms with Crippen LogP contribution in [0.25, 0.3) is 0 Å². The highest BCUT2D eigenvalue weighted by molar-refractivity contribution is 5.92. The minimum Gasteiger partial charge on any atom is -0.406 e. The van der Waals surface area contributed by atoms with Gasteiger partial charge >= 0.3 is 6.36 Å². The lowest BCUT2D eigenvalue weighted by molar-refractivity contribution is -0.274. The van der Waals surface area contributed by atoms with Crippen molar-refractivity contribution in [3.05, 3.63) is 24.3 Å². The van der Waals surface area contributed by atoms with Crippen molar-refractivity contribution >= 4 is 11.6 Å². The Morgan fingerprint density at radius 3 is 2.60 bits per heavy atom. The molecule has 0 radical (unpaired) electrons. The molecule has 1 saturated heterocycles. The molecule has 1 heterocycles. The number of hydrogen-bond acceptors (Lipinski definition) is 3. The molecule has 2 aliphatic carbocycles. The molecule has 4 rings (SSSR count). The van der Waals surface area contributed by atoms with Crippen molar-refractivity contribution in [2.24, 2.45) is 22.1 Å². The summed E-state index contributed by atoms with van der Waals surface area (Å²) in [6.07, 6.45) is 0.0836. The zero-order chi connectivity index (χ0) is 17.7. The second kappa shape index (κ2) is 5.79. The highest BCUT2D eigenvalue weighted by atomic mass is 19.4. The van der Waals surface area contributed by atoms with Gasteiger partial charge in [-0.3, -0.25) is 0 Å². The Labute approximate surface area is 143 Å². The predicted octanol–water partition coefficient (Wildman–Crippen LogP) is 3.27. The summed E-state index contributed by atoms with van der Waals surface area (Å²) < 4.78 is 46.2. The number of rotatable bonds is 3. The molecule has 0 amide bonds. The summed E-state index contributed by atoms with van der Waals surface area (Å²) in [5, 5.41) is 2.95. The average Bonchev–Trinajstić information content (AvgIpc) is 2.89. The molecule has 3 atom stereocenters. The number of guanidine groups is 1. The van der Waals surface area contributed by atoms with Gasteiger partial charge in [0.2, 0.25) is 0 Å². The van der Waals surface area contributed by atoms with Gasteiger partial charge in [0.05, 0.1) is 12.1 Å². The van der Waals surface area contributed by atoms with Crippen LogP contribution in [0.4, 0.5) is 18.9 Å². The van der Waals surface area contributed by atoms with Crippen LogP contribution in [0.2, 0.25) is 0 Å². The maximum absolute atomic E-state index is 12.2. The van der Waals surface area contributed by atoms with E-state index in [-0.39, 0.29) is 23.2 Å². The standard InChI is InChI=1S/C17H20F3N3O2/c18-17(19,20)25-11-4-2-10(3-5-11)22-15(21)23-13-12-6-9-24-14(12)16(13)7-1-8-16/h2-5,12-14H,1,6-9H2,(H3,21,22,23). The van der Waals surface area contributed by atoms with Crippen LogP contribution in [0.3, 0.4) is 0 Å². The molecule has 3 unspecified atom stereocenters. The van der Waals surface area contributed by atoms with E-state index in [9.17, 15) is 13.2 Å². The molecule has 2 saturated carbocycles. The third-order valence-electron chi connectivity index (χ3n) is 5.62. The highest BCUT2D eigenvalue weighted by Crippen LogP contribution is 2.64. The summed E-state index contributed by atoms with van der Waals surface area (Å²) in [7, 11) is 0. The fourth-order valence-electron chi connectivity index (χ4n) is 4.46. The monoisotopic (exact) mass is 355 g/mol. The molecular weight excluding hydrogens is 335 g/mol. The van der Waals surface area contributed by atoms with Crippen molar-refractivity contribution in [3.8, 4) is 5.75 Å². The molecule has 8 heteroatoms.